The molecule has 0 saturated heterocycles. The predicted octanol–water partition coefficient (Wildman–Crippen LogP) is 6.63. The second-order valence-electron chi connectivity index (χ2n) is 8.59. The van der Waals surface area contributed by atoms with Gasteiger partial charge in [-0.1, -0.05) is 78.9 Å². The normalized spacial score (nSPS) is 12.1. The van der Waals surface area contributed by atoms with E-state index < -0.39 is 6.10 Å². The number of hydrogen-bond acceptors (Lipinski definition) is 4. The Morgan fingerprint density at radius 3 is 2.30 bits per heavy atom. The lowest BCUT2D eigenvalue weighted by atomic mass is 10.0. The van der Waals surface area contributed by atoms with Gasteiger partial charge in [-0.2, -0.15) is 5.10 Å². The molecule has 1 amide bonds. The summed E-state index contributed by atoms with van der Waals surface area (Å²) in [6.45, 7) is 1.95. The molecule has 1 atom stereocenters. The van der Waals surface area contributed by atoms with Crippen molar-refractivity contribution in [3.63, 3.8) is 0 Å². The van der Waals surface area contributed by atoms with Crippen LogP contribution < -0.4 is 14.9 Å². The van der Waals surface area contributed by atoms with Gasteiger partial charge < -0.3 is 9.47 Å². The molecule has 0 aliphatic rings. The van der Waals surface area contributed by atoms with Gasteiger partial charge in [0, 0.05) is 10.9 Å². The SMILES string of the molecule is C[C@H](Oc1cccc2ccccc12)C(=O)N/N=C\c1c(OCc2ccc(F)cc2)ccc2ccccc12. The van der Waals surface area contributed by atoms with Crippen LogP contribution in [0.4, 0.5) is 4.39 Å². The summed E-state index contributed by atoms with van der Waals surface area (Å²) in [6.07, 6.45) is 0.815. The van der Waals surface area contributed by atoms with Crippen molar-refractivity contribution in [1.29, 1.82) is 0 Å². The van der Waals surface area contributed by atoms with Gasteiger partial charge in [0.05, 0.1) is 6.21 Å². The van der Waals surface area contributed by atoms with Crippen molar-refractivity contribution >= 4 is 33.7 Å². The summed E-state index contributed by atoms with van der Waals surface area (Å²) in [7, 11) is 0. The van der Waals surface area contributed by atoms with Crippen LogP contribution in [0.25, 0.3) is 21.5 Å². The maximum Gasteiger partial charge on any atom is 0.280 e. The van der Waals surface area contributed by atoms with Crippen molar-refractivity contribution in [2.24, 2.45) is 5.10 Å². The fourth-order valence-electron chi connectivity index (χ4n) is 4.07. The van der Waals surface area contributed by atoms with Crippen LogP contribution in [-0.2, 0) is 11.4 Å². The highest BCUT2D eigenvalue weighted by Gasteiger charge is 2.16. The third kappa shape index (κ3) is 5.59. The lowest BCUT2D eigenvalue weighted by molar-refractivity contribution is -0.127. The van der Waals surface area contributed by atoms with Crippen molar-refractivity contribution in [2.75, 3.05) is 0 Å². The van der Waals surface area contributed by atoms with E-state index in [1.165, 1.54) is 12.1 Å². The van der Waals surface area contributed by atoms with E-state index in [-0.39, 0.29) is 18.3 Å². The number of carbonyl (C=O) groups is 1. The van der Waals surface area contributed by atoms with Gasteiger partial charge in [0.15, 0.2) is 6.10 Å². The number of nitrogens with one attached hydrogen (secondary N) is 1. The summed E-state index contributed by atoms with van der Waals surface area (Å²) in [5, 5.41) is 8.12. The number of benzene rings is 5. The summed E-state index contributed by atoms with van der Waals surface area (Å²) in [4.78, 5) is 12.7. The second-order valence-corrected chi connectivity index (χ2v) is 8.59. The molecule has 5 rings (SSSR count). The monoisotopic (exact) mass is 492 g/mol. The average Bonchev–Trinajstić information content (AvgIpc) is 2.93. The Morgan fingerprint density at radius 2 is 1.51 bits per heavy atom. The van der Waals surface area contributed by atoms with Crippen LogP contribution in [0.3, 0.4) is 0 Å². The lowest BCUT2D eigenvalue weighted by Gasteiger charge is -2.15. The topological polar surface area (TPSA) is 59.9 Å². The summed E-state index contributed by atoms with van der Waals surface area (Å²) < 4.78 is 25.2. The Balaban J connectivity index is 1.32. The quantitative estimate of drug-likeness (QED) is 0.195. The molecule has 0 spiro atoms. The molecule has 5 aromatic carbocycles. The molecule has 0 saturated carbocycles. The minimum absolute atomic E-state index is 0.266. The van der Waals surface area contributed by atoms with Crippen molar-refractivity contribution in [1.82, 2.24) is 5.43 Å². The van der Waals surface area contributed by atoms with Crippen molar-refractivity contribution in [3.05, 3.63) is 120 Å². The van der Waals surface area contributed by atoms with Crippen LogP contribution in [0, 0.1) is 5.82 Å². The molecule has 1 N–H and O–H groups in total. The largest absolute Gasteiger partial charge is 0.488 e. The van der Waals surface area contributed by atoms with E-state index in [1.54, 1.807) is 25.3 Å². The third-order valence-corrected chi connectivity index (χ3v) is 6.03. The maximum atomic E-state index is 13.2. The Kier molecular flexibility index (Phi) is 7.08. The van der Waals surface area contributed by atoms with Crippen LogP contribution in [0.2, 0.25) is 0 Å². The zero-order valence-corrected chi connectivity index (χ0v) is 20.2. The molecule has 0 heterocycles. The molecule has 0 aliphatic heterocycles. The number of rotatable bonds is 8. The summed E-state index contributed by atoms with van der Waals surface area (Å²) >= 11 is 0. The first kappa shape index (κ1) is 24.0. The van der Waals surface area contributed by atoms with Gasteiger partial charge in [-0.3, -0.25) is 4.79 Å². The molecule has 0 fully saturated rings. The predicted molar refractivity (Wildman–Crippen MR) is 144 cm³/mol. The van der Waals surface area contributed by atoms with E-state index in [2.05, 4.69) is 10.5 Å². The van der Waals surface area contributed by atoms with Gasteiger partial charge in [0.25, 0.3) is 5.91 Å². The van der Waals surface area contributed by atoms with Gasteiger partial charge in [-0.15, -0.1) is 0 Å². The van der Waals surface area contributed by atoms with Crippen LogP contribution >= 0.6 is 0 Å². The van der Waals surface area contributed by atoms with E-state index in [1.807, 2.05) is 78.9 Å². The Bertz CT molecular complexity index is 1580. The minimum atomic E-state index is -0.760. The number of fused-ring (bicyclic) bond motifs is 2. The van der Waals surface area contributed by atoms with Gasteiger partial charge >= 0.3 is 0 Å². The van der Waals surface area contributed by atoms with E-state index in [0.717, 1.165) is 32.7 Å². The number of hydrazone groups is 1. The highest BCUT2D eigenvalue weighted by Crippen LogP contribution is 2.28. The molecule has 0 bridgehead atoms. The zero-order chi connectivity index (χ0) is 25.6. The first-order chi connectivity index (χ1) is 18.1. The molecule has 0 aromatic heterocycles. The molecule has 6 heteroatoms. The Morgan fingerprint density at radius 1 is 0.838 bits per heavy atom. The van der Waals surface area contributed by atoms with Crippen molar-refractivity contribution in [2.45, 2.75) is 19.6 Å². The number of hydrogen-bond donors (Lipinski definition) is 1. The molecule has 0 radical (unpaired) electrons. The number of nitrogens with zero attached hydrogens (tertiary/aromatic N) is 1. The van der Waals surface area contributed by atoms with Crippen LogP contribution in [-0.4, -0.2) is 18.2 Å². The maximum absolute atomic E-state index is 13.2. The summed E-state index contributed by atoms with van der Waals surface area (Å²) in [6, 6.07) is 31.4. The molecular weight excluding hydrogens is 467 g/mol. The first-order valence-corrected chi connectivity index (χ1v) is 11.9. The molecular formula is C31H25FN2O3. The first-order valence-electron chi connectivity index (χ1n) is 11.9. The Labute approximate surface area is 214 Å². The molecule has 184 valence electrons. The van der Waals surface area contributed by atoms with Gasteiger partial charge in [-0.25, -0.2) is 9.82 Å². The minimum Gasteiger partial charge on any atom is -0.488 e. The molecule has 5 aromatic rings. The van der Waals surface area contributed by atoms with E-state index in [0.29, 0.717) is 11.5 Å². The zero-order valence-electron chi connectivity index (χ0n) is 20.2. The number of halogens is 1. The van der Waals surface area contributed by atoms with Crippen molar-refractivity contribution < 1.29 is 18.7 Å². The smallest absolute Gasteiger partial charge is 0.280 e. The second kappa shape index (κ2) is 10.9. The van der Waals surface area contributed by atoms with Crippen LogP contribution in [0.1, 0.15) is 18.1 Å². The van der Waals surface area contributed by atoms with Crippen LogP contribution in [0.15, 0.2) is 108 Å². The average molecular weight is 493 g/mol. The number of amides is 1. The summed E-state index contributed by atoms with van der Waals surface area (Å²) in [5.74, 6) is 0.561. The van der Waals surface area contributed by atoms with E-state index in [9.17, 15) is 9.18 Å². The molecule has 5 nitrogen and oxygen atoms in total. The number of carbonyl (C=O) groups excluding carboxylic acids is 1. The van der Waals surface area contributed by atoms with Gasteiger partial charge in [0.2, 0.25) is 0 Å². The molecule has 37 heavy (non-hydrogen) atoms. The summed E-state index contributed by atoms with van der Waals surface area (Å²) in [5.41, 5.74) is 4.14. The van der Waals surface area contributed by atoms with Crippen molar-refractivity contribution in [3.8, 4) is 11.5 Å². The van der Waals surface area contributed by atoms with Gasteiger partial charge in [-0.05, 0) is 52.9 Å². The molecule has 0 aliphatic carbocycles. The fraction of sp³-hybridized carbons (Fsp3) is 0.0968. The number of ether oxygens (including phenoxy) is 2. The molecule has 0 unspecified atom stereocenters. The van der Waals surface area contributed by atoms with E-state index in [4.69, 9.17) is 9.47 Å². The van der Waals surface area contributed by atoms with Gasteiger partial charge in [0.1, 0.15) is 23.9 Å². The highest BCUT2D eigenvalue weighted by molar-refractivity contribution is 6.02. The van der Waals surface area contributed by atoms with Crippen LogP contribution in [0.5, 0.6) is 11.5 Å². The lowest BCUT2D eigenvalue weighted by Crippen LogP contribution is -2.33. The Hall–Kier alpha value is -4.71. The fourth-order valence-corrected chi connectivity index (χ4v) is 4.07. The van der Waals surface area contributed by atoms with E-state index >= 15 is 0 Å². The third-order valence-electron chi connectivity index (χ3n) is 6.03. The highest BCUT2D eigenvalue weighted by atomic mass is 19.1. The standard InChI is InChI=1S/C31H25FN2O3/c1-21(37-30-12-6-9-23-7-3-5-11-27(23)30)31(35)34-33-19-28-26-10-4-2-8-24(26)15-18-29(28)36-20-22-13-16-25(32)17-14-22/h2-19,21H,20H2,1H3,(H,34,35)/b33-19-/t21-/m0/s1.